The van der Waals surface area contributed by atoms with Crippen LogP contribution in [0.4, 0.5) is 0 Å². The summed E-state index contributed by atoms with van der Waals surface area (Å²) >= 11 is 11.6. The lowest BCUT2D eigenvalue weighted by molar-refractivity contribution is 0.188. The number of hydrogen-bond acceptors (Lipinski definition) is 3. The number of hydrogen-bond donors (Lipinski definition) is 1. The number of thiophene rings is 1. The molecule has 1 aromatic carbocycles. The molecule has 2 rings (SSSR count). The number of nitrogens with two attached hydrogens (primary N) is 1. The second kappa shape index (κ2) is 7.75. The molecule has 2 unspecified atom stereocenters. The normalized spacial score (nSPS) is 14.4. The third-order valence-electron chi connectivity index (χ3n) is 3.80. The number of benzene rings is 1. The summed E-state index contributed by atoms with van der Waals surface area (Å²) in [6, 6.07) is 10.7. The molecule has 0 amide bonds. The molecule has 0 saturated heterocycles. The molecule has 0 aliphatic carbocycles. The lowest BCUT2D eigenvalue weighted by Crippen LogP contribution is -2.38. The average Bonchev–Trinajstić information content (AvgIpc) is 2.96. The highest BCUT2D eigenvalue weighted by Gasteiger charge is 2.22. The van der Waals surface area contributed by atoms with Crippen molar-refractivity contribution in [3.63, 3.8) is 0 Å². The van der Waals surface area contributed by atoms with Gasteiger partial charge in [0.2, 0.25) is 0 Å². The van der Waals surface area contributed by atoms with Crippen LogP contribution in [0.15, 0.2) is 40.2 Å². The molecule has 114 valence electrons. The van der Waals surface area contributed by atoms with Crippen LogP contribution in [-0.2, 0) is 6.42 Å². The van der Waals surface area contributed by atoms with Crippen LogP contribution in [0.5, 0.6) is 0 Å². The summed E-state index contributed by atoms with van der Waals surface area (Å²) < 4.78 is 1.05. The molecular formula is C16H20BrClN2S. The van der Waals surface area contributed by atoms with Gasteiger partial charge in [-0.2, -0.15) is 0 Å². The van der Waals surface area contributed by atoms with Crippen molar-refractivity contribution in [2.45, 2.75) is 25.4 Å². The molecule has 1 heterocycles. The standard InChI is InChI=1S/C16H20BrClN2S/c1-11(8-13-4-3-7-21-13)20(2)16(10-19)14-9-12(18)5-6-15(14)17/h3-7,9,11,16H,8,10,19H2,1-2H3. The van der Waals surface area contributed by atoms with E-state index in [1.807, 2.05) is 18.2 Å². The van der Waals surface area contributed by atoms with E-state index in [4.69, 9.17) is 17.3 Å². The Bertz CT molecular complexity index is 574. The molecule has 0 aliphatic rings. The lowest BCUT2D eigenvalue weighted by atomic mass is 10.0. The Morgan fingerprint density at radius 3 is 2.76 bits per heavy atom. The first-order valence-electron chi connectivity index (χ1n) is 6.92. The van der Waals surface area contributed by atoms with Gasteiger partial charge in [-0.25, -0.2) is 0 Å². The van der Waals surface area contributed by atoms with Crippen LogP contribution in [0.1, 0.15) is 23.4 Å². The molecule has 2 N–H and O–H groups in total. The van der Waals surface area contributed by atoms with Gasteiger partial charge in [-0.05, 0) is 55.6 Å². The fourth-order valence-corrected chi connectivity index (χ4v) is 3.97. The van der Waals surface area contributed by atoms with Gasteiger partial charge < -0.3 is 5.73 Å². The van der Waals surface area contributed by atoms with Gasteiger partial charge in [0.25, 0.3) is 0 Å². The van der Waals surface area contributed by atoms with Crippen LogP contribution in [0.2, 0.25) is 5.02 Å². The summed E-state index contributed by atoms with van der Waals surface area (Å²) in [5, 5.41) is 2.86. The van der Waals surface area contributed by atoms with Crippen molar-refractivity contribution in [1.29, 1.82) is 0 Å². The minimum absolute atomic E-state index is 0.146. The first-order valence-corrected chi connectivity index (χ1v) is 8.97. The van der Waals surface area contributed by atoms with Crippen molar-refractivity contribution >= 4 is 38.9 Å². The topological polar surface area (TPSA) is 29.3 Å². The molecular weight excluding hydrogens is 368 g/mol. The maximum atomic E-state index is 6.14. The zero-order chi connectivity index (χ0) is 15.4. The van der Waals surface area contributed by atoms with E-state index in [2.05, 4.69) is 52.3 Å². The molecule has 0 fully saturated rings. The maximum absolute atomic E-state index is 6.14. The maximum Gasteiger partial charge on any atom is 0.0482 e. The van der Waals surface area contributed by atoms with Crippen LogP contribution < -0.4 is 5.73 Å². The van der Waals surface area contributed by atoms with E-state index in [0.29, 0.717) is 12.6 Å². The lowest BCUT2D eigenvalue weighted by Gasteiger charge is -2.33. The Labute approximate surface area is 144 Å². The van der Waals surface area contributed by atoms with Crippen molar-refractivity contribution in [1.82, 2.24) is 4.90 Å². The molecule has 2 nitrogen and oxygen atoms in total. The Balaban J connectivity index is 2.17. The quantitative estimate of drug-likeness (QED) is 0.776. The summed E-state index contributed by atoms with van der Waals surface area (Å²) in [6.07, 6.45) is 1.03. The number of rotatable bonds is 6. The molecule has 1 aromatic heterocycles. The van der Waals surface area contributed by atoms with Gasteiger partial charge in [-0.15, -0.1) is 11.3 Å². The third-order valence-corrected chi connectivity index (χ3v) is 5.66. The predicted molar refractivity (Wildman–Crippen MR) is 96.2 cm³/mol. The van der Waals surface area contributed by atoms with Crippen molar-refractivity contribution < 1.29 is 0 Å². The summed E-state index contributed by atoms with van der Waals surface area (Å²) in [5.74, 6) is 0. The zero-order valence-electron chi connectivity index (χ0n) is 12.2. The Morgan fingerprint density at radius 2 is 2.14 bits per heavy atom. The van der Waals surface area contributed by atoms with Crippen LogP contribution in [-0.4, -0.2) is 24.5 Å². The van der Waals surface area contributed by atoms with E-state index in [-0.39, 0.29) is 6.04 Å². The smallest absolute Gasteiger partial charge is 0.0482 e. The molecule has 0 saturated carbocycles. The minimum Gasteiger partial charge on any atom is -0.329 e. The Kier molecular flexibility index (Phi) is 6.26. The first-order chi connectivity index (χ1) is 10.0. The molecule has 0 bridgehead atoms. The van der Waals surface area contributed by atoms with E-state index >= 15 is 0 Å². The monoisotopic (exact) mass is 386 g/mol. The molecule has 2 atom stereocenters. The highest BCUT2D eigenvalue weighted by atomic mass is 79.9. The summed E-state index contributed by atoms with van der Waals surface area (Å²) in [6.45, 7) is 2.80. The SMILES string of the molecule is CC(Cc1cccs1)N(C)C(CN)c1cc(Cl)ccc1Br. The highest BCUT2D eigenvalue weighted by Crippen LogP contribution is 2.31. The zero-order valence-corrected chi connectivity index (χ0v) is 15.4. The number of likely N-dealkylation sites (N-methyl/N-ethyl adjacent to an activating group) is 1. The van der Waals surface area contributed by atoms with Crippen molar-refractivity contribution in [3.8, 4) is 0 Å². The van der Waals surface area contributed by atoms with E-state index in [0.717, 1.165) is 21.5 Å². The van der Waals surface area contributed by atoms with E-state index in [9.17, 15) is 0 Å². The van der Waals surface area contributed by atoms with Crippen molar-refractivity contribution in [2.24, 2.45) is 5.73 Å². The number of halogens is 2. The Hall–Kier alpha value is -0.390. The van der Waals surface area contributed by atoms with Crippen LogP contribution >= 0.6 is 38.9 Å². The number of nitrogens with zero attached hydrogens (tertiary/aromatic N) is 1. The molecule has 0 aliphatic heterocycles. The van der Waals surface area contributed by atoms with E-state index in [1.54, 1.807) is 11.3 Å². The average molecular weight is 388 g/mol. The van der Waals surface area contributed by atoms with Crippen LogP contribution in [0.3, 0.4) is 0 Å². The molecule has 0 radical (unpaired) electrons. The fraction of sp³-hybridized carbons (Fsp3) is 0.375. The van der Waals surface area contributed by atoms with Crippen LogP contribution in [0.25, 0.3) is 0 Å². The van der Waals surface area contributed by atoms with Gasteiger partial charge >= 0.3 is 0 Å². The van der Waals surface area contributed by atoms with Gasteiger partial charge in [0.1, 0.15) is 0 Å². The van der Waals surface area contributed by atoms with Crippen LogP contribution in [0, 0.1) is 0 Å². The molecule has 5 heteroatoms. The summed E-state index contributed by atoms with van der Waals surface area (Å²) in [4.78, 5) is 3.73. The van der Waals surface area contributed by atoms with Crippen molar-refractivity contribution in [2.75, 3.05) is 13.6 Å². The molecule has 21 heavy (non-hydrogen) atoms. The second-order valence-electron chi connectivity index (χ2n) is 5.22. The highest BCUT2D eigenvalue weighted by molar-refractivity contribution is 9.10. The summed E-state index contributed by atoms with van der Waals surface area (Å²) in [5.41, 5.74) is 7.18. The Morgan fingerprint density at radius 1 is 1.38 bits per heavy atom. The first kappa shape index (κ1) is 17.0. The van der Waals surface area contributed by atoms with E-state index < -0.39 is 0 Å². The predicted octanol–water partition coefficient (Wildman–Crippen LogP) is 4.73. The van der Waals surface area contributed by atoms with Gasteiger partial charge in [-0.3, -0.25) is 4.90 Å². The fourth-order valence-electron chi connectivity index (χ4n) is 2.45. The second-order valence-corrected chi connectivity index (χ2v) is 7.54. The van der Waals surface area contributed by atoms with Crippen molar-refractivity contribution in [3.05, 3.63) is 55.6 Å². The van der Waals surface area contributed by atoms with E-state index in [1.165, 1.54) is 4.88 Å². The van der Waals surface area contributed by atoms with Gasteiger partial charge in [0.05, 0.1) is 0 Å². The van der Waals surface area contributed by atoms with Gasteiger partial charge in [0.15, 0.2) is 0 Å². The minimum atomic E-state index is 0.146. The molecule has 0 spiro atoms. The summed E-state index contributed by atoms with van der Waals surface area (Å²) in [7, 11) is 2.13. The molecule has 2 aromatic rings. The van der Waals surface area contributed by atoms with Gasteiger partial charge in [0, 0.05) is 33.0 Å². The largest absolute Gasteiger partial charge is 0.329 e. The third kappa shape index (κ3) is 4.30. The van der Waals surface area contributed by atoms with Gasteiger partial charge in [-0.1, -0.05) is 33.6 Å².